The molecule has 2 fully saturated rings. The van der Waals surface area contributed by atoms with Crippen molar-refractivity contribution < 1.29 is 8.81 Å². The van der Waals surface area contributed by atoms with Crippen molar-refractivity contribution in [2.45, 2.75) is 51.2 Å². The number of anilines is 1. The first kappa shape index (κ1) is 24.3. The molecule has 3 aromatic heterocycles. The van der Waals surface area contributed by atoms with Gasteiger partial charge in [0, 0.05) is 56.3 Å². The van der Waals surface area contributed by atoms with Gasteiger partial charge in [-0.05, 0) is 56.5 Å². The van der Waals surface area contributed by atoms with E-state index in [-0.39, 0.29) is 23.5 Å². The second-order valence-corrected chi connectivity index (χ2v) is 10.5. The maximum Gasteiger partial charge on any atom is 0.252 e. The summed E-state index contributed by atoms with van der Waals surface area (Å²) in [5, 5.41) is 9.41. The van der Waals surface area contributed by atoms with Gasteiger partial charge in [0.2, 0.25) is 5.89 Å². The van der Waals surface area contributed by atoms with E-state index in [4.69, 9.17) is 4.42 Å². The number of halogens is 1. The third-order valence-electron chi connectivity index (χ3n) is 7.80. The zero-order valence-electron chi connectivity index (χ0n) is 21.7. The van der Waals surface area contributed by atoms with Crippen LogP contribution in [-0.2, 0) is 13.6 Å². The van der Waals surface area contributed by atoms with E-state index < -0.39 is 0 Å². The molecule has 0 unspecified atom stereocenters. The molecular formula is C29H29FN6O2. The quantitative estimate of drug-likeness (QED) is 0.387. The Hall–Kier alpha value is -4.03. The van der Waals surface area contributed by atoms with Gasteiger partial charge in [0.1, 0.15) is 29.4 Å². The fraction of sp³-hybridized carbons (Fsp3) is 0.379. The summed E-state index contributed by atoms with van der Waals surface area (Å²) in [7, 11) is 1.72. The van der Waals surface area contributed by atoms with Gasteiger partial charge in [0.15, 0.2) is 0 Å². The predicted octanol–water partition coefficient (Wildman–Crippen LogP) is 4.58. The molecular weight excluding hydrogens is 483 g/mol. The van der Waals surface area contributed by atoms with Crippen molar-refractivity contribution in [1.82, 2.24) is 19.4 Å². The van der Waals surface area contributed by atoms with E-state index in [1.807, 2.05) is 6.07 Å². The van der Waals surface area contributed by atoms with Gasteiger partial charge in [-0.1, -0.05) is 6.07 Å². The highest BCUT2D eigenvalue weighted by molar-refractivity contribution is 5.89. The number of piperazine rings is 1. The van der Waals surface area contributed by atoms with Gasteiger partial charge in [-0.15, -0.1) is 0 Å². The third-order valence-corrected chi connectivity index (χ3v) is 7.80. The van der Waals surface area contributed by atoms with E-state index in [0.717, 1.165) is 36.3 Å². The lowest BCUT2D eigenvalue weighted by molar-refractivity contribution is 0.158. The Morgan fingerprint density at radius 1 is 1.11 bits per heavy atom. The lowest BCUT2D eigenvalue weighted by atomic mass is 10.0. The van der Waals surface area contributed by atoms with Crippen LogP contribution in [0.5, 0.6) is 0 Å². The lowest BCUT2D eigenvalue weighted by Gasteiger charge is -2.45. The average Bonchev–Trinajstić information content (AvgIpc) is 3.65. The van der Waals surface area contributed by atoms with Gasteiger partial charge in [0.25, 0.3) is 5.56 Å². The molecule has 0 amide bonds. The first-order chi connectivity index (χ1) is 18.3. The van der Waals surface area contributed by atoms with E-state index >= 15 is 0 Å². The van der Waals surface area contributed by atoms with E-state index in [1.54, 1.807) is 36.1 Å². The van der Waals surface area contributed by atoms with Crippen LogP contribution in [0.15, 0.2) is 51.9 Å². The highest BCUT2D eigenvalue weighted by Gasteiger charge is 2.32. The number of rotatable bonds is 5. The minimum atomic E-state index is -0.317. The minimum absolute atomic E-state index is 0.0705. The van der Waals surface area contributed by atoms with E-state index in [9.17, 15) is 14.4 Å². The molecule has 4 aromatic rings. The topological polar surface area (TPSA) is 91.2 Å². The first-order valence-corrected chi connectivity index (χ1v) is 13.0. The highest BCUT2D eigenvalue weighted by atomic mass is 19.1. The fourth-order valence-corrected chi connectivity index (χ4v) is 5.43. The number of oxazole rings is 1. The van der Waals surface area contributed by atoms with Crippen molar-refractivity contribution in [2.24, 2.45) is 7.05 Å². The van der Waals surface area contributed by atoms with Gasteiger partial charge in [0.05, 0.1) is 16.9 Å². The van der Waals surface area contributed by atoms with Crippen molar-refractivity contribution in [1.29, 1.82) is 5.26 Å². The van der Waals surface area contributed by atoms with Crippen LogP contribution in [0.4, 0.5) is 10.1 Å². The molecule has 194 valence electrons. The molecule has 0 spiro atoms. The second kappa shape index (κ2) is 9.37. The molecule has 6 rings (SSSR count). The molecule has 0 N–H and O–H groups in total. The van der Waals surface area contributed by atoms with Gasteiger partial charge < -0.3 is 13.9 Å². The molecule has 1 aliphatic carbocycles. The lowest BCUT2D eigenvalue weighted by Crippen LogP contribution is -2.56. The average molecular weight is 513 g/mol. The maximum atomic E-state index is 14.3. The van der Waals surface area contributed by atoms with Crippen molar-refractivity contribution in [3.05, 3.63) is 75.8 Å². The Morgan fingerprint density at radius 3 is 2.68 bits per heavy atom. The van der Waals surface area contributed by atoms with Crippen molar-refractivity contribution in [3.63, 3.8) is 0 Å². The van der Waals surface area contributed by atoms with Crippen LogP contribution in [0.1, 0.15) is 49.6 Å². The number of fused-ring (bicyclic) bond motifs is 1. The van der Waals surface area contributed by atoms with E-state index in [2.05, 4.69) is 39.7 Å². The number of hydrogen-bond donors (Lipinski definition) is 0. The van der Waals surface area contributed by atoms with Crippen LogP contribution >= 0.6 is 0 Å². The molecule has 0 bridgehead atoms. The Bertz CT molecular complexity index is 1630. The number of hydrogen-bond acceptors (Lipinski definition) is 7. The van der Waals surface area contributed by atoms with Crippen molar-refractivity contribution >= 4 is 16.7 Å². The molecule has 8 nitrogen and oxygen atoms in total. The Morgan fingerprint density at radius 2 is 1.92 bits per heavy atom. The zero-order valence-corrected chi connectivity index (χ0v) is 21.7. The van der Waals surface area contributed by atoms with E-state index in [1.165, 1.54) is 12.1 Å². The monoisotopic (exact) mass is 512 g/mol. The maximum absolute atomic E-state index is 14.3. The summed E-state index contributed by atoms with van der Waals surface area (Å²) >= 11 is 0. The standard InChI is InChI=1S/C29H29FN6O2/c1-17-14-36(26-11-27(37)34(3)25-9-8-22(12-31)32-28(25)26)18(2)13-35(17)15-20-6-7-21(30)10-23(20)29-33-24(16-38-29)19-4-5-19/h6-11,16-19H,4-5,13-15H2,1-3H3/t17-,18+/m1/s1. The number of aryl methyl sites for hydroxylation is 1. The molecule has 1 aliphatic heterocycles. The van der Waals surface area contributed by atoms with Gasteiger partial charge in [-0.25, -0.2) is 14.4 Å². The highest BCUT2D eigenvalue weighted by Crippen LogP contribution is 2.40. The zero-order chi connectivity index (χ0) is 26.6. The van der Waals surface area contributed by atoms with E-state index in [0.29, 0.717) is 47.2 Å². The normalized spacial score (nSPS) is 20.1. The molecule has 0 radical (unpaired) electrons. The van der Waals surface area contributed by atoms with Gasteiger partial charge in [-0.2, -0.15) is 5.26 Å². The largest absolute Gasteiger partial charge is 0.444 e. The van der Waals surface area contributed by atoms with Crippen LogP contribution in [-0.4, -0.2) is 44.6 Å². The summed E-state index contributed by atoms with van der Waals surface area (Å²) in [5.41, 5.74) is 4.88. The van der Waals surface area contributed by atoms with Gasteiger partial charge in [-0.3, -0.25) is 9.69 Å². The Labute approximate surface area is 219 Å². The summed E-state index contributed by atoms with van der Waals surface area (Å²) in [6.45, 7) is 6.28. The van der Waals surface area contributed by atoms with Crippen molar-refractivity contribution in [2.75, 3.05) is 18.0 Å². The molecule has 4 heterocycles. The Kier molecular flexibility index (Phi) is 6.00. The predicted molar refractivity (Wildman–Crippen MR) is 142 cm³/mol. The number of aromatic nitrogens is 3. The molecule has 1 saturated heterocycles. The van der Waals surface area contributed by atoms with Gasteiger partial charge >= 0.3 is 0 Å². The summed E-state index contributed by atoms with van der Waals surface area (Å²) < 4.78 is 21.6. The summed E-state index contributed by atoms with van der Waals surface area (Å²) in [6, 6.07) is 12.2. The first-order valence-electron chi connectivity index (χ1n) is 13.0. The Balaban J connectivity index is 1.29. The third kappa shape index (κ3) is 4.35. The fourth-order valence-electron chi connectivity index (χ4n) is 5.43. The van der Waals surface area contributed by atoms with Crippen molar-refractivity contribution in [3.8, 4) is 17.5 Å². The van der Waals surface area contributed by atoms with Crippen LogP contribution < -0.4 is 10.5 Å². The molecule has 2 aliphatic rings. The molecule has 1 saturated carbocycles. The SMILES string of the molecule is C[C@@H]1CN(c2cc(=O)n(C)c3ccc(C#N)nc23)[C@@H](C)CN1Cc1ccc(F)cc1-c1nc(C2CC2)co1. The van der Waals surface area contributed by atoms with Crippen LogP contribution in [0.2, 0.25) is 0 Å². The smallest absolute Gasteiger partial charge is 0.252 e. The molecule has 38 heavy (non-hydrogen) atoms. The molecule has 9 heteroatoms. The van der Waals surface area contributed by atoms with Crippen LogP contribution in [0.25, 0.3) is 22.5 Å². The number of nitriles is 1. The van der Waals surface area contributed by atoms with Crippen LogP contribution in [0, 0.1) is 17.1 Å². The molecule has 2 atom stereocenters. The second-order valence-electron chi connectivity index (χ2n) is 10.5. The summed E-state index contributed by atoms with van der Waals surface area (Å²) in [4.78, 5) is 26.6. The number of benzene rings is 1. The molecule has 1 aromatic carbocycles. The minimum Gasteiger partial charge on any atom is -0.444 e. The van der Waals surface area contributed by atoms with Crippen LogP contribution in [0.3, 0.4) is 0 Å². The number of pyridine rings is 2. The summed E-state index contributed by atoms with van der Waals surface area (Å²) in [5.74, 6) is 0.609. The number of nitrogens with zero attached hydrogens (tertiary/aromatic N) is 6. The summed E-state index contributed by atoms with van der Waals surface area (Å²) in [6.07, 6.45) is 3.95.